The minimum absolute atomic E-state index is 0.159. The van der Waals surface area contributed by atoms with Crippen LogP contribution < -0.4 is 0 Å². The van der Waals surface area contributed by atoms with Crippen LogP contribution in [0.5, 0.6) is 0 Å². The van der Waals surface area contributed by atoms with E-state index in [1.54, 1.807) is 13.8 Å². The molecule has 0 bridgehead atoms. The van der Waals surface area contributed by atoms with Crippen molar-refractivity contribution in [3.63, 3.8) is 0 Å². The fraction of sp³-hybridized carbons (Fsp3) is 0.833. The first-order valence-electron chi connectivity index (χ1n) is 3.71. The summed E-state index contributed by atoms with van der Waals surface area (Å²) < 4.78 is 15.3. The van der Waals surface area contributed by atoms with E-state index >= 15 is 0 Å². The summed E-state index contributed by atoms with van der Waals surface area (Å²) in [7, 11) is -4.21. The van der Waals surface area contributed by atoms with Crippen molar-refractivity contribution < 1.29 is 23.9 Å². The highest BCUT2D eigenvalue weighted by Crippen LogP contribution is 2.39. The lowest BCUT2D eigenvalue weighted by molar-refractivity contribution is 0.158. The van der Waals surface area contributed by atoms with Crippen molar-refractivity contribution in [3.05, 3.63) is 0 Å². The van der Waals surface area contributed by atoms with Crippen LogP contribution in [0.3, 0.4) is 0 Å². The first-order valence-corrected chi connectivity index (χ1v) is 5.51. The van der Waals surface area contributed by atoms with E-state index < -0.39 is 25.5 Å². The summed E-state index contributed by atoms with van der Waals surface area (Å²) in [5.74, 6) is 0. The summed E-state index contributed by atoms with van der Waals surface area (Å²) in [6.07, 6.45) is -1.26. The van der Waals surface area contributed by atoms with Crippen LogP contribution in [0.1, 0.15) is 13.8 Å². The van der Waals surface area contributed by atoms with E-state index in [1.165, 1.54) is 0 Å². The second-order valence-corrected chi connectivity index (χ2v) is 5.21. The van der Waals surface area contributed by atoms with Crippen LogP contribution in [-0.2, 0) is 9.30 Å². The van der Waals surface area contributed by atoms with Gasteiger partial charge in [-0.3, -0.25) is 9.46 Å². The molecular weight excluding hydrogens is 197 g/mol. The van der Waals surface area contributed by atoms with Crippen molar-refractivity contribution in [1.82, 2.24) is 4.90 Å². The Hall–Kier alpha value is -0.580. The molecule has 6 nitrogen and oxygen atoms in total. The molecule has 13 heavy (non-hydrogen) atoms. The van der Waals surface area contributed by atoms with E-state index in [-0.39, 0.29) is 6.61 Å². The molecule has 0 atom stereocenters. The van der Waals surface area contributed by atoms with Crippen molar-refractivity contribution in [2.24, 2.45) is 0 Å². The van der Waals surface area contributed by atoms with E-state index in [1.807, 2.05) is 0 Å². The van der Waals surface area contributed by atoms with Crippen LogP contribution in [-0.4, -0.2) is 39.2 Å². The van der Waals surface area contributed by atoms with Gasteiger partial charge in [0.05, 0.1) is 5.54 Å². The third-order valence-electron chi connectivity index (χ3n) is 1.83. The highest BCUT2D eigenvalue weighted by atomic mass is 31.2. The minimum atomic E-state index is -4.21. The van der Waals surface area contributed by atoms with E-state index in [9.17, 15) is 9.36 Å². The molecular formula is C6H12NO5P. The molecule has 0 radical (unpaired) electrons. The smallest absolute Gasteiger partial charge is 0.410 e. The Morgan fingerprint density at radius 1 is 1.62 bits per heavy atom. The number of cyclic esters (lactones) is 1. The lowest BCUT2D eigenvalue weighted by Gasteiger charge is -2.27. The Kier molecular flexibility index (Phi) is 2.40. The maximum Gasteiger partial charge on any atom is 0.410 e. The molecule has 7 heteroatoms. The minimum Gasteiger partial charge on any atom is -0.447 e. The molecule has 2 N–H and O–H groups in total. The number of nitrogens with zero attached hydrogens (tertiary/aromatic N) is 1. The van der Waals surface area contributed by atoms with Crippen molar-refractivity contribution in [3.8, 4) is 0 Å². The molecule has 0 unspecified atom stereocenters. The van der Waals surface area contributed by atoms with Gasteiger partial charge >= 0.3 is 13.7 Å². The van der Waals surface area contributed by atoms with Crippen molar-refractivity contribution >= 4 is 13.7 Å². The first kappa shape index (κ1) is 10.5. The van der Waals surface area contributed by atoms with Gasteiger partial charge in [-0.1, -0.05) is 0 Å². The standard InChI is InChI=1S/C6H12NO5P/c1-6(2)3-12-5(8)7(6)4-13(9,10)11/h3-4H2,1-2H3,(H2,9,10,11). The molecule has 0 spiro atoms. The first-order chi connectivity index (χ1) is 5.72. The summed E-state index contributed by atoms with van der Waals surface area (Å²) in [6.45, 7) is 3.53. The van der Waals surface area contributed by atoms with Crippen molar-refractivity contribution in [2.75, 3.05) is 12.9 Å². The largest absolute Gasteiger partial charge is 0.447 e. The lowest BCUT2D eigenvalue weighted by atomic mass is 10.1. The summed E-state index contributed by atoms with van der Waals surface area (Å²) in [6, 6.07) is 0. The second-order valence-electron chi connectivity index (χ2n) is 3.60. The number of amides is 1. The van der Waals surface area contributed by atoms with E-state index in [4.69, 9.17) is 9.79 Å². The predicted octanol–water partition coefficient (Wildman–Crippen LogP) is 0.352. The normalized spacial score (nSPS) is 21.8. The third kappa shape index (κ3) is 2.43. The summed E-state index contributed by atoms with van der Waals surface area (Å²) in [5.41, 5.74) is -0.641. The number of ether oxygens (including phenoxy) is 1. The monoisotopic (exact) mass is 209 g/mol. The number of rotatable bonds is 2. The lowest BCUT2D eigenvalue weighted by Crippen LogP contribution is -2.42. The van der Waals surface area contributed by atoms with Gasteiger partial charge in [0, 0.05) is 0 Å². The Morgan fingerprint density at radius 2 is 2.15 bits per heavy atom. The van der Waals surface area contributed by atoms with Crippen molar-refractivity contribution in [2.45, 2.75) is 19.4 Å². The predicted molar refractivity (Wildman–Crippen MR) is 44.2 cm³/mol. The van der Waals surface area contributed by atoms with Crippen LogP contribution in [0.2, 0.25) is 0 Å². The van der Waals surface area contributed by atoms with Gasteiger partial charge in [-0.25, -0.2) is 4.79 Å². The third-order valence-corrected chi connectivity index (χ3v) is 2.48. The maximum atomic E-state index is 11.0. The molecule has 1 fully saturated rings. The van der Waals surface area contributed by atoms with Gasteiger partial charge in [0.1, 0.15) is 12.9 Å². The second kappa shape index (κ2) is 2.97. The summed E-state index contributed by atoms with van der Waals surface area (Å²) in [5, 5.41) is 0. The highest BCUT2D eigenvalue weighted by molar-refractivity contribution is 7.51. The molecule has 0 aliphatic carbocycles. The zero-order valence-corrected chi connectivity index (χ0v) is 8.32. The molecule has 0 aromatic rings. The van der Waals surface area contributed by atoms with Gasteiger partial charge in [0.2, 0.25) is 0 Å². The van der Waals surface area contributed by atoms with Gasteiger partial charge in [0.25, 0.3) is 0 Å². The molecule has 1 aliphatic rings. The van der Waals surface area contributed by atoms with Gasteiger partial charge in [-0.2, -0.15) is 0 Å². The maximum absolute atomic E-state index is 11.0. The summed E-state index contributed by atoms with van der Waals surface area (Å²) in [4.78, 5) is 29.5. The van der Waals surface area contributed by atoms with Gasteiger partial charge < -0.3 is 14.5 Å². The fourth-order valence-corrected chi connectivity index (χ4v) is 1.94. The molecule has 1 aliphatic heterocycles. The zero-order valence-electron chi connectivity index (χ0n) is 7.43. The number of carbonyl (C=O) groups is 1. The topological polar surface area (TPSA) is 87.1 Å². The molecule has 0 saturated carbocycles. The van der Waals surface area contributed by atoms with Gasteiger partial charge in [-0.05, 0) is 13.8 Å². The van der Waals surface area contributed by atoms with Crippen LogP contribution in [0.25, 0.3) is 0 Å². The fourth-order valence-electron chi connectivity index (χ4n) is 1.07. The van der Waals surface area contributed by atoms with Crippen molar-refractivity contribution in [1.29, 1.82) is 0 Å². The molecule has 76 valence electrons. The molecule has 1 rings (SSSR count). The van der Waals surface area contributed by atoms with E-state index in [2.05, 4.69) is 4.74 Å². The van der Waals surface area contributed by atoms with Crippen LogP contribution in [0.4, 0.5) is 4.79 Å². The van der Waals surface area contributed by atoms with Crippen LogP contribution in [0, 0.1) is 0 Å². The summed E-state index contributed by atoms with van der Waals surface area (Å²) >= 11 is 0. The van der Waals surface area contributed by atoms with E-state index in [0.717, 1.165) is 4.90 Å². The Balaban J connectivity index is 2.78. The quantitative estimate of drug-likeness (QED) is 0.641. The van der Waals surface area contributed by atoms with Crippen LogP contribution >= 0.6 is 7.60 Å². The molecule has 1 saturated heterocycles. The zero-order chi connectivity index (χ0) is 10.3. The number of carbonyl (C=O) groups excluding carboxylic acids is 1. The molecule has 0 aromatic carbocycles. The number of hydrogen-bond donors (Lipinski definition) is 2. The Labute approximate surface area is 75.6 Å². The SMILES string of the molecule is CC1(C)COC(=O)N1CP(=O)(O)O. The molecule has 1 heterocycles. The van der Waals surface area contributed by atoms with Gasteiger partial charge in [0.15, 0.2) is 0 Å². The average molecular weight is 209 g/mol. The molecule has 0 aromatic heterocycles. The Morgan fingerprint density at radius 3 is 2.46 bits per heavy atom. The Bertz CT molecular complexity index is 270. The van der Waals surface area contributed by atoms with Crippen LogP contribution in [0.15, 0.2) is 0 Å². The average Bonchev–Trinajstić information content (AvgIpc) is 2.13. The number of hydrogen-bond acceptors (Lipinski definition) is 3. The molecule has 1 amide bonds. The van der Waals surface area contributed by atoms with Gasteiger partial charge in [-0.15, -0.1) is 0 Å². The highest BCUT2D eigenvalue weighted by Gasteiger charge is 2.42. The van der Waals surface area contributed by atoms with E-state index in [0.29, 0.717) is 0 Å².